The van der Waals surface area contributed by atoms with E-state index in [1.54, 1.807) is 0 Å². The third kappa shape index (κ3) is 1.91. The van der Waals surface area contributed by atoms with Gasteiger partial charge in [-0.3, -0.25) is 0 Å². The van der Waals surface area contributed by atoms with Gasteiger partial charge in [0.05, 0.1) is 6.04 Å². The summed E-state index contributed by atoms with van der Waals surface area (Å²) in [6.07, 6.45) is 5.32. The second-order valence-corrected chi connectivity index (χ2v) is 3.73. The van der Waals surface area contributed by atoms with Gasteiger partial charge in [-0.25, -0.2) is 0 Å². The van der Waals surface area contributed by atoms with E-state index in [0.29, 0.717) is 0 Å². The molecule has 0 spiro atoms. The first-order chi connectivity index (χ1) is 6.09. The lowest BCUT2D eigenvalue weighted by Gasteiger charge is -2.28. The van der Waals surface area contributed by atoms with Gasteiger partial charge in [-0.05, 0) is 5.56 Å². The molecule has 13 heavy (non-hydrogen) atoms. The second-order valence-electron chi connectivity index (χ2n) is 3.73. The Morgan fingerprint density at radius 2 is 1.85 bits per heavy atom. The predicted octanol–water partition coefficient (Wildman–Crippen LogP) is 1.92. The summed E-state index contributed by atoms with van der Waals surface area (Å²) in [6, 6.07) is 9.85. The summed E-state index contributed by atoms with van der Waals surface area (Å²) in [6.45, 7) is 4.12. The van der Waals surface area contributed by atoms with Crippen LogP contribution in [0.4, 0.5) is 0 Å². The molecule has 0 radical (unpaired) electrons. The van der Waals surface area contributed by atoms with E-state index in [1.165, 1.54) is 5.56 Å². The van der Waals surface area contributed by atoms with Gasteiger partial charge in [-0.2, -0.15) is 0 Å². The van der Waals surface area contributed by atoms with E-state index < -0.39 is 0 Å². The standard InChI is InChI=1S/C12H15N/c1-4-11(13)12(2,3)10-8-6-5-7-9-10/h1,5-9,11H,13H2,2-3H3. The fourth-order valence-corrected chi connectivity index (χ4v) is 1.26. The number of terminal acetylenes is 1. The minimum absolute atomic E-state index is 0.157. The van der Waals surface area contributed by atoms with Crippen molar-refractivity contribution >= 4 is 0 Å². The molecule has 1 aromatic carbocycles. The Balaban J connectivity index is 3.02. The maximum absolute atomic E-state index is 5.85. The van der Waals surface area contributed by atoms with Crippen LogP contribution in [0.5, 0.6) is 0 Å². The Morgan fingerprint density at radius 1 is 1.31 bits per heavy atom. The van der Waals surface area contributed by atoms with Crippen LogP contribution in [0.2, 0.25) is 0 Å². The Labute approximate surface area is 80.0 Å². The highest BCUT2D eigenvalue weighted by atomic mass is 14.7. The first kappa shape index (κ1) is 9.83. The number of hydrogen-bond donors (Lipinski definition) is 1. The van der Waals surface area contributed by atoms with E-state index in [1.807, 2.05) is 18.2 Å². The van der Waals surface area contributed by atoms with Crippen LogP contribution in [0, 0.1) is 12.3 Å². The molecule has 2 N–H and O–H groups in total. The van der Waals surface area contributed by atoms with Crippen molar-refractivity contribution < 1.29 is 0 Å². The molecular weight excluding hydrogens is 158 g/mol. The summed E-state index contributed by atoms with van der Waals surface area (Å²) in [5.41, 5.74) is 6.87. The van der Waals surface area contributed by atoms with Crippen molar-refractivity contribution in [1.29, 1.82) is 0 Å². The lowest BCUT2D eigenvalue weighted by Crippen LogP contribution is -2.39. The smallest absolute Gasteiger partial charge is 0.0754 e. The molecule has 0 fully saturated rings. The molecule has 0 aliphatic heterocycles. The summed E-state index contributed by atoms with van der Waals surface area (Å²) in [5.74, 6) is 2.58. The number of benzene rings is 1. The molecular formula is C12H15N. The van der Waals surface area contributed by atoms with Gasteiger partial charge in [0.25, 0.3) is 0 Å². The topological polar surface area (TPSA) is 26.0 Å². The third-order valence-corrected chi connectivity index (χ3v) is 2.47. The van der Waals surface area contributed by atoms with Crippen LogP contribution in [-0.2, 0) is 5.41 Å². The highest BCUT2D eigenvalue weighted by molar-refractivity contribution is 5.28. The van der Waals surface area contributed by atoms with Crippen LogP contribution in [0.15, 0.2) is 30.3 Å². The molecule has 1 aromatic rings. The average Bonchev–Trinajstić information content (AvgIpc) is 2.18. The van der Waals surface area contributed by atoms with Crippen molar-refractivity contribution in [2.45, 2.75) is 25.3 Å². The maximum atomic E-state index is 5.85. The number of hydrogen-bond acceptors (Lipinski definition) is 1. The van der Waals surface area contributed by atoms with E-state index in [-0.39, 0.29) is 11.5 Å². The van der Waals surface area contributed by atoms with E-state index >= 15 is 0 Å². The summed E-state index contributed by atoms with van der Waals surface area (Å²) >= 11 is 0. The SMILES string of the molecule is C#CC(N)C(C)(C)c1ccccc1. The molecule has 0 heterocycles. The van der Waals surface area contributed by atoms with Gasteiger partial charge in [0.2, 0.25) is 0 Å². The van der Waals surface area contributed by atoms with Gasteiger partial charge in [0, 0.05) is 5.41 Å². The van der Waals surface area contributed by atoms with E-state index in [9.17, 15) is 0 Å². The summed E-state index contributed by atoms with van der Waals surface area (Å²) in [4.78, 5) is 0. The van der Waals surface area contributed by atoms with Crippen LogP contribution in [0.3, 0.4) is 0 Å². The number of nitrogens with two attached hydrogens (primary N) is 1. The van der Waals surface area contributed by atoms with Gasteiger partial charge >= 0.3 is 0 Å². The zero-order chi connectivity index (χ0) is 9.90. The highest BCUT2D eigenvalue weighted by Crippen LogP contribution is 2.25. The van der Waals surface area contributed by atoms with Crippen molar-refractivity contribution in [2.24, 2.45) is 5.73 Å². The van der Waals surface area contributed by atoms with Crippen LogP contribution >= 0.6 is 0 Å². The molecule has 0 saturated heterocycles. The zero-order valence-electron chi connectivity index (χ0n) is 8.12. The first-order valence-corrected chi connectivity index (χ1v) is 4.36. The van der Waals surface area contributed by atoms with Crippen molar-refractivity contribution in [3.05, 3.63) is 35.9 Å². The fourth-order valence-electron chi connectivity index (χ4n) is 1.26. The predicted molar refractivity (Wildman–Crippen MR) is 56.3 cm³/mol. The molecule has 0 aliphatic rings. The Hall–Kier alpha value is -1.26. The summed E-state index contributed by atoms with van der Waals surface area (Å²) in [7, 11) is 0. The van der Waals surface area contributed by atoms with Crippen molar-refractivity contribution in [3.8, 4) is 12.3 Å². The van der Waals surface area contributed by atoms with Gasteiger partial charge < -0.3 is 5.73 Å². The quantitative estimate of drug-likeness (QED) is 0.679. The largest absolute Gasteiger partial charge is 0.317 e. The molecule has 68 valence electrons. The van der Waals surface area contributed by atoms with Crippen LogP contribution in [0.25, 0.3) is 0 Å². The van der Waals surface area contributed by atoms with Crippen LogP contribution in [0.1, 0.15) is 19.4 Å². The third-order valence-electron chi connectivity index (χ3n) is 2.47. The Bertz CT molecular complexity index is 306. The minimum Gasteiger partial charge on any atom is -0.317 e. The van der Waals surface area contributed by atoms with E-state index in [0.717, 1.165) is 0 Å². The van der Waals surface area contributed by atoms with E-state index in [4.69, 9.17) is 12.2 Å². The zero-order valence-corrected chi connectivity index (χ0v) is 8.12. The molecule has 0 amide bonds. The lowest BCUT2D eigenvalue weighted by molar-refractivity contribution is 0.477. The molecule has 0 aromatic heterocycles. The molecule has 0 bridgehead atoms. The van der Waals surface area contributed by atoms with Gasteiger partial charge in [0.1, 0.15) is 0 Å². The molecule has 1 heteroatoms. The normalized spacial score (nSPS) is 13.4. The molecule has 1 nitrogen and oxygen atoms in total. The first-order valence-electron chi connectivity index (χ1n) is 4.36. The van der Waals surface area contributed by atoms with Crippen LogP contribution in [-0.4, -0.2) is 6.04 Å². The summed E-state index contributed by atoms with van der Waals surface area (Å²) < 4.78 is 0. The molecule has 1 rings (SSSR count). The van der Waals surface area contributed by atoms with Crippen molar-refractivity contribution in [1.82, 2.24) is 0 Å². The Kier molecular flexibility index (Phi) is 2.75. The molecule has 1 atom stereocenters. The lowest BCUT2D eigenvalue weighted by atomic mass is 9.78. The average molecular weight is 173 g/mol. The van der Waals surface area contributed by atoms with Crippen LogP contribution < -0.4 is 5.73 Å². The monoisotopic (exact) mass is 173 g/mol. The molecule has 1 unspecified atom stereocenters. The maximum Gasteiger partial charge on any atom is 0.0754 e. The Morgan fingerprint density at radius 3 is 2.31 bits per heavy atom. The second kappa shape index (κ2) is 3.64. The van der Waals surface area contributed by atoms with Gasteiger partial charge in [-0.15, -0.1) is 6.42 Å². The fraction of sp³-hybridized carbons (Fsp3) is 0.333. The molecule has 0 saturated carbocycles. The van der Waals surface area contributed by atoms with E-state index in [2.05, 4.69) is 31.9 Å². The summed E-state index contributed by atoms with van der Waals surface area (Å²) in [5, 5.41) is 0. The van der Waals surface area contributed by atoms with Gasteiger partial charge in [-0.1, -0.05) is 50.1 Å². The molecule has 0 aliphatic carbocycles. The van der Waals surface area contributed by atoms with Gasteiger partial charge in [0.15, 0.2) is 0 Å². The van der Waals surface area contributed by atoms with Crippen molar-refractivity contribution in [3.63, 3.8) is 0 Å². The highest BCUT2D eigenvalue weighted by Gasteiger charge is 2.26. The number of rotatable bonds is 2. The van der Waals surface area contributed by atoms with Crippen molar-refractivity contribution in [2.75, 3.05) is 0 Å². The minimum atomic E-state index is -0.241.